The Morgan fingerprint density at radius 1 is 0.966 bits per heavy atom. The van der Waals surface area contributed by atoms with Gasteiger partial charge in [-0.2, -0.15) is 13.2 Å². The average Bonchev–Trinajstić information content (AvgIpc) is 2.73. The predicted octanol–water partition coefficient (Wildman–Crippen LogP) is 4.73. The molecule has 0 aliphatic rings. The molecule has 29 heavy (non-hydrogen) atoms. The molecule has 1 atom stereocenters. The molecular formula is C21H16F3N3O2. The SMILES string of the molecule is C[C@@H](Nc1nccc(C(=O)C(=O)c2cccc(C(F)(F)F)c2)n1)c1ccccc1. The lowest BCUT2D eigenvalue weighted by atomic mass is 10.0. The van der Waals surface area contributed by atoms with E-state index in [0.717, 1.165) is 23.8 Å². The van der Waals surface area contributed by atoms with Gasteiger partial charge in [-0.25, -0.2) is 9.97 Å². The molecule has 0 aliphatic heterocycles. The zero-order valence-corrected chi connectivity index (χ0v) is 15.3. The van der Waals surface area contributed by atoms with E-state index in [0.29, 0.717) is 6.07 Å². The monoisotopic (exact) mass is 399 g/mol. The smallest absolute Gasteiger partial charge is 0.348 e. The van der Waals surface area contributed by atoms with Gasteiger partial charge in [-0.3, -0.25) is 9.59 Å². The third kappa shape index (κ3) is 4.84. The van der Waals surface area contributed by atoms with Crippen molar-refractivity contribution in [3.05, 3.63) is 89.2 Å². The first-order valence-electron chi connectivity index (χ1n) is 8.66. The standard InChI is InChI=1S/C21H16F3N3O2/c1-13(14-6-3-2-4-7-14)26-20-25-11-10-17(27-20)19(29)18(28)15-8-5-9-16(12-15)21(22,23)24/h2-13H,1H3,(H,25,26,27)/t13-/m1/s1. The summed E-state index contributed by atoms with van der Waals surface area (Å²) in [7, 11) is 0. The second-order valence-electron chi connectivity index (χ2n) is 6.28. The second kappa shape index (κ2) is 8.22. The number of halogens is 3. The first kappa shape index (κ1) is 20.2. The van der Waals surface area contributed by atoms with Gasteiger partial charge in [-0.15, -0.1) is 0 Å². The third-order valence-corrected chi connectivity index (χ3v) is 4.19. The molecule has 0 fully saturated rings. The Kier molecular flexibility index (Phi) is 5.72. The highest BCUT2D eigenvalue weighted by molar-refractivity contribution is 6.48. The van der Waals surface area contributed by atoms with Crippen LogP contribution in [-0.2, 0) is 6.18 Å². The van der Waals surface area contributed by atoms with Crippen molar-refractivity contribution in [2.45, 2.75) is 19.1 Å². The summed E-state index contributed by atoms with van der Waals surface area (Å²) < 4.78 is 38.5. The van der Waals surface area contributed by atoms with Gasteiger partial charge in [0.15, 0.2) is 0 Å². The van der Waals surface area contributed by atoms with E-state index in [-0.39, 0.29) is 23.2 Å². The fraction of sp³-hybridized carbons (Fsp3) is 0.143. The lowest BCUT2D eigenvalue weighted by molar-refractivity contribution is -0.137. The normalized spacial score (nSPS) is 12.3. The van der Waals surface area contributed by atoms with Gasteiger partial charge in [0.1, 0.15) is 5.69 Å². The van der Waals surface area contributed by atoms with E-state index in [9.17, 15) is 22.8 Å². The van der Waals surface area contributed by atoms with E-state index in [4.69, 9.17) is 0 Å². The maximum Gasteiger partial charge on any atom is 0.416 e. The van der Waals surface area contributed by atoms with Crippen molar-refractivity contribution in [2.75, 3.05) is 5.32 Å². The summed E-state index contributed by atoms with van der Waals surface area (Å²) in [4.78, 5) is 32.9. The molecule has 148 valence electrons. The second-order valence-corrected chi connectivity index (χ2v) is 6.28. The van der Waals surface area contributed by atoms with Crippen LogP contribution < -0.4 is 5.32 Å². The summed E-state index contributed by atoms with van der Waals surface area (Å²) in [5, 5.41) is 3.03. The fourth-order valence-corrected chi connectivity index (χ4v) is 2.66. The third-order valence-electron chi connectivity index (χ3n) is 4.19. The van der Waals surface area contributed by atoms with E-state index < -0.39 is 23.3 Å². The molecule has 2 aromatic carbocycles. The number of Topliss-reactive ketones (excluding diaryl/α,β-unsaturated/α-hetero) is 2. The van der Waals surface area contributed by atoms with Crippen molar-refractivity contribution in [2.24, 2.45) is 0 Å². The Bertz CT molecular complexity index is 1040. The minimum atomic E-state index is -4.61. The highest BCUT2D eigenvalue weighted by atomic mass is 19.4. The van der Waals surface area contributed by atoms with Crippen LogP contribution in [0.4, 0.5) is 19.1 Å². The first-order valence-corrected chi connectivity index (χ1v) is 8.66. The van der Waals surface area contributed by atoms with Crippen LogP contribution in [0, 0.1) is 0 Å². The Morgan fingerprint density at radius 3 is 2.38 bits per heavy atom. The molecular weight excluding hydrogens is 383 g/mol. The van der Waals surface area contributed by atoms with Gasteiger partial charge in [0.05, 0.1) is 11.6 Å². The van der Waals surface area contributed by atoms with Crippen molar-refractivity contribution in [1.82, 2.24) is 9.97 Å². The number of hydrogen-bond acceptors (Lipinski definition) is 5. The lowest BCUT2D eigenvalue weighted by Gasteiger charge is -2.14. The highest BCUT2D eigenvalue weighted by Gasteiger charge is 2.31. The van der Waals surface area contributed by atoms with E-state index in [2.05, 4.69) is 15.3 Å². The Labute approximate surface area is 164 Å². The van der Waals surface area contributed by atoms with Crippen molar-refractivity contribution in [3.63, 3.8) is 0 Å². The lowest BCUT2D eigenvalue weighted by Crippen LogP contribution is -2.18. The predicted molar refractivity (Wildman–Crippen MR) is 101 cm³/mol. The molecule has 3 rings (SSSR count). The molecule has 5 nitrogen and oxygen atoms in total. The molecule has 0 saturated heterocycles. The van der Waals surface area contributed by atoms with Crippen LogP contribution in [0.3, 0.4) is 0 Å². The van der Waals surface area contributed by atoms with Crippen LogP contribution in [0.2, 0.25) is 0 Å². The summed E-state index contributed by atoms with van der Waals surface area (Å²) in [6.07, 6.45) is -3.31. The summed E-state index contributed by atoms with van der Waals surface area (Å²) in [5.41, 5.74) is -0.591. The van der Waals surface area contributed by atoms with Crippen LogP contribution >= 0.6 is 0 Å². The number of ketones is 2. The molecule has 3 aromatic rings. The summed E-state index contributed by atoms with van der Waals surface area (Å²) in [6.45, 7) is 1.88. The maximum atomic E-state index is 12.8. The highest BCUT2D eigenvalue weighted by Crippen LogP contribution is 2.29. The number of benzene rings is 2. The average molecular weight is 399 g/mol. The number of aromatic nitrogens is 2. The van der Waals surface area contributed by atoms with Crippen molar-refractivity contribution in [1.29, 1.82) is 0 Å². The van der Waals surface area contributed by atoms with Crippen LogP contribution in [0.1, 0.15) is 44.9 Å². The Morgan fingerprint density at radius 2 is 1.69 bits per heavy atom. The van der Waals surface area contributed by atoms with Crippen LogP contribution in [-0.4, -0.2) is 21.5 Å². The van der Waals surface area contributed by atoms with Gasteiger partial charge in [0.25, 0.3) is 5.78 Å². The largest absolute Gasteiger partial charge is 0.416 e. The van der Waals surface area contributed by atoms with Crippen molar-refractivity contribution >= 4 is 17.5 Å². The van der Waals surface area contributed by atoms with E-state index in [1.807, 2.05) is 37.3 Å². The van der Waals surface area contributed by atoms with Gasteiger partial charge in [-0.1, -0.05) is 42.5 Å². The Hall–Kier alpha value is -3.55. The molecule has 0 spiro atoms. The number of nitrogens with one attached hydrogen (secondary N) is 1. The van der Waals surface area contributed by atoms with Crippen molar-refractivity contribution in [3.8, 4) is 0 Å². The summed E-state index contributed by atoms with van der Waals surface area (Å²) in [5.74, 6) is -1.96. The molecule has 0 amide bonds. The molecule has 8 heteroatoms. The van der Waals surface area contributed by atoms with Crippen LogP contribution in [0.25, 0.3) is 0 Å². The number of rotatable bonds is 6. The molecule has 0 bridgehead atoms. The quantitative estimate of drug-likeness (QED) is 0.479. The number of alkyl halides is 3. The molecule has 0 radical (unpaired) electrons. The van der Waals surface area contributed by atoms with Crippen LogP contribution in [0.5, 0.6) is 0 Å². The van der Waals surface area contributed by atoms with Crippen LogP contribution in [0.15, 0.2) is 66.9 Å². The number of carbonyl (C=O) groups excluding carboxylic acids is 2. The molecule has 1 N–H and O–H groups in total. The van der Waals surface area contributed by atoms with E-state index >= 15 is 0 Å². The molecule has 0 saturated carbocycles. The van der Waals surface area contributed by atoms with Gasteiger partial charge < -0.3 is 5.32 Å². The van der Waals surface area contributed by atoms with Gasteiger partial charge in [-0.05, 0) is 30.7 Å². The molecule has 1 aromatic heterocycles. The molecule has 0 unspecified atom stereocenters. The minimum absolute atomic E-state index is 0.129. The zero-order chi connectivity index (χ0) is 21.0. The van der Waals surface area contributed by atoms with Crippen molar-refractivity contribution < 1.29 is 22.8 Å². The van der Waals surface area contributed by atoms with Gasteiger partial charge in [0.2, 0.25) is 11.7 Å². The number of nitrogens with zero attached hydrogens (tertiary/aromatic N) is 2. The number of anilines is 1. The number of carbonyl (C=O) groups is 2. The topological polar surface area (TPSA) is 72.0 Å². The zero-order valence-electron chi connectivity index (χ0n) is 15.3. The summed E-state index contributed by atoms with van der Waals surface area (Å²) in [6, 6.07) is 14.2. The fourth-order valence-electron chi connectivity index (χ4n) is 2.66. The van der Waals surface area contributed by atoms with Gasteiger partial charge in [0, 0.05) is 11.8 Å². The maximum absolute atomic E-state index is 12.8. The van der Waals surface area contributed by atoms with Gasteiger partial charge >= 0.3 is 6.18 Å². The molecule has 1 heterocycles. The van der Waals surface area contributed by atoms with E-state index in [1.54, 1.807) is 0 Å². The first-order chi connectivity index (χ1) is 13.8. The van der Waals surface area contributed by atoms with E-state index in [1.165, 1.54) is 12.3 Å². The summed E-state index contributed by atoms with van der Waals surface area (Å²) >= 11 is 0. The molecule has 0 aliphatic carbocycles. The number of hydrogen-bond donors (Lipinski definition) is 1. The minimum Gasteiger partial charge on any atom is -0.348 e. The Balaban J connectivity index is 1.80.